The van der Waals surface area contributed by atoms with Gasteiger partial charge in [0.25, 0.3) is 10.0 Å². The number of aromatic nitrogens is 3. The molecule has 0 radical (unpaired) electrons. The molecule has 0 spiro atoms. The van der Waals surface area contributed by atoms with Crippen LogP contribution in [0.3, 0.4) is 0 Å². The molecule has 168 valence electrons. The van der Waals surface area contributed by atoms with Gasteiger partial charge < -0.3 is 15.2 Å². The first-order valence-electron chi connectivity index (χ1n) is 9.36. The number of fused-ring (bicyclic) bond motifs is 1. The van der Waals surface area contributed by atoms with Gasteiger partial charge in [-0.3, -0.25) is 4.72 Å². The normalized spacial score (nSPS) is 11.2. The minimum atomic E-state index is -4.21. The SMILES string of the molecule is COc1ccc(Cl)c(Nc2nc3ncccc3nc2NS(=O)(=O)c2cccc(C(=O)O)c2)c1. The average Bonchev–Trinajstić information content (AvgIpc) is 2.80. The van der Waals surface area contributed by atoms with Gasteiger partial charge in [0.2, 0.25) is 0 Å². The number of carboxylic acid groups (broad SMARTS) is 1. The van der Waals surface area contributed by atoms with Crippen LogP contribution in [0.1, 0.15) is 10.4 Å². The van der Waals surface area contributed by atoms with Gasteiger partial charge in [0.1, 0.15) is 11.3 Å². The van der Waals surface area contributed by atoms with Crippen molar-refractivity contribution in [2.45, 2.75) is 4.90 Å². The van der Waals surface area contributed by atoms with Crippen LogP contribution in [0.25, 0.3) is 11.2 Å². The van der Waals surface area contributed by atoms with Crippen LogP contribution in [0, 0.1) is 0 Å². The molecule has 4 aromatic rings. The number of pyridine rings is 1. The lowest BCUT2D eigenvalue weighted by molar-refractivity contribution is 0.0696. The third-order valence-corrected chi connectivity index (χ3v) is 6.16. The van der Waals surface area contributed by atoms with Gasteiger partial charge in [-0.15, -0.1) is 0 Å². The number of ether oxygens (including phenoxy) is 1. The van der Waals surface area contributed by atoms with E-state index in [9.17, 15) is 18.3 Å². The molecule has 10 nitrogen and oxygen atoms in total. The summed E-state index contributed by atoms with van der Waals surface area (Å²) in [6, 6.07) is 13.1. The summed E-state index contributed by atoms with van der Waals surface area (Å²) in [5.41, 5.74) is 0.841. The summed E-state index contributed by atoms with van der Waals surface area (Å²) in [4.78, 5) is 23.9. The molecule has 0 atom stereocenters. The van der Waals surface area contributed by atoms with E-state index in [0.29, 0.717) is 22.0 Å². The highest BCUT2D eigenvalue weighted by atomic mass is 35.5. The number of nitrogens with one attached hydrogen (secondary N) is 2. The average molecular weight is 486 g/mol. The van der Waals surface area contributed by atoms with Crippen LogP contribution in [0.4, 0.5) is 17.3 Å². The third kappa shape index (κ3) is 4.78. The maximum atomic E-state index is 13.0. The van der Waals surface area contributed by atoms with Gasteiger partial charge in [0.15, 0.2) is 17.3 Å². The lowest BCUT2D eigenvalue weighted by atomic mass is 10.2. The molecule has 33 heavy (non-hydrogen) atoms. The van der Waals surface area contributed by atoms with Gasteiger partial charge in [0, 0.05) is 12.3 Å². The van der Waals surface area contributed by atoms with Crippen LogP contribution in [0.5, 0.6) is 5.75 Å². The summed E-state index contributed by atoms with van der Waals surface area (Å²) in [5.74, 6) is -0.829. The Labute approximate surface area is 193 Å². The van der Waals surface area contributed by atoms with Crippen molar-refractivity contribution in [3.8, 4) is 5.75 Å². The quantitative estimate of drug-likeness (QED) is 0.354. The number of halogens is 1. The summed E-state index contributed by atoms with van der Waals surface area (Å²) in [6.07, 6.45) is 1.53. The number of aromatic carboxylic acids is 1. The Morgan fingerprint density at radius 3 is 2.64 bits per heavy atom. The molecule has 0 aliphatic heterocycles. The third-order valence-electron chi connectivity index (χ3n) is 4.49. The molecule has 0 saturated carbocycles. The van der Waals surface area contributed by atoms with Gasteiger partial charge in [-0.2, -0.15) is 0 Å². The van der Waals surface area contributed by atoms with Crippen molar-refractivity contribution in [2.24, 2.45) is 0 Å². The van der Waals surface area contributed by atoms with Crippen LogP contribution in [-0.4, -0.2) is 41.6 Å². The number of sulfonamides is 1. The van der Waals surface area contributed by atoms with Crippen LogP contribution >= 0.6 is 11.6 Å². The Bertz CT molecular complexity index is 1480. The number of carboxylic acids is 1. The predicted molar refractivity (Wildman–Crippen MR) is 123 cm³/mol. The van der Waals surface area contributed by atoms with E-state index in [1.54, 1.807) is 30.3 Å². The second-order valence-corrected chi connectivity index (χ2v) is 8.77. The van der Waals surface area contributed by atoms with Crippen molar-refractivity contribution in [3.05, 3.63) is 71.4 Å². The Kier molecular flexibility index (Phi) is 5.99. The number of carbonyl (C=O) groups is 1. The van der Waals surface area contributed by atoms with Crippen molar-refractivity contribution < 1.29 is 23.1 Å². The number of hydrogen-bond donors (Lipinski definition) is 3. The maximum absolute atomic E-state index is 13.0. The molecule has 12 heteroatoms. The van der Waals surface area contributed by atoms with E-state index < -0.39 is 16.0 Å². The van der Waals surface area contributed by atoms with E-state index in [2.05, 4.69) is 25.0 Å². The standard InChI is InChI=1S/C21H16ClN5O5S/c1-32-13-7-8-15(22)17(11-13)25-19-20(24-16-6-3-9-23-18(16)26-19)27-33(30,31)14-5-2-4-12(10-14)21(28)29/h2-11H,1H3,(H,24,27)(H,28,29)(H,23,25,26). The molecule has 3 N–H and O–H groups in total. The summed E-state index contributed by atoms with van der Waals surface area (Å²) in [5, 5.41) is 12.5. The zero-order valence-electron chi connectivity index (χ0n) is 17.0. The summed E-state index contributed by atoms with van der Waals surface area (Å²) in [6.45, 7) is 0. The molecule has 2 aromatic heterocycles. The van der Waals surface area contributed by atoms with Gasteiger partial charge in [0.05, 0.1) is 28.3 Å². The second kappa shape index (κ2) is 8.88. The van der Waals surface area contributed by atoms with Crippen molar-refractivity contribution in [2.75, 3.05) is 17.1 Å². The number of anilines is 3. The van der Waals surface area contributed by atoms with E-state index in [-0.39, 0.29) is 27.7 Å². The molecule has 2 heterocycles. The fraction of sp³-hybridized carbons (Fsp3) is 0.0476. The summed E-state index contributed by atoms with van der Waals surface area (Å²) < 4.78 is 33.6. The predicted octanol–water partition coefficient (Wildman–Crippen LogP) is 3.93. The van der Waals surface area contributed by atoms with Gasteiger partial charge in [-0.05, 0) is 42.5 Å². The van der Waals surface area contributed by atoms with E-state index in [1.165, 1.54) is 31.5 Å². The highest BCUT2D eigenvalue weighted by molar-refractivity contribution is 7.92. The van der Waals surface area contributed by atoms with Gasteiger partial charge in [-0.25, -0.2) is 28.2 Å². The second-order valence-electron chi connectivity index (χ2n) is 6.68. The van der Waals surface area contributed by atoms with E-state index in [1.807, 2.05) is 0 Å². The molecule has 4 rings (SSSR count). The lowest BCUT2D eigenvalue weighted by Gasteiger charge is -2.15. The zero-order valence-corrected chi connectivity index (χ0v) is 18.6. The number of benzene rings is 2. The Morgan fingerprint density at radius 1 is 1.06 bits per heavy atom. The fourth-order valence-electron chi connectivity index (χ4n) is 2.89. The number of methoxy groups -OCH3 is 1. The molecule has 0 aliphatic rings. The van der Waals surface area contributed by atoms with Crippen LogP contribution in [0.2, 0.25) is 5.02 Å². The topological polar surface area (TPSA) is 143 Å². The first kappa shape index (κ1) is 22.2. The monoisotopic (exact) mass is 485 g/mol. The highest BCUT2D eigenvalue weighted by Crippen LogP contribution is 2.32. The molecule has 0 fully saturated rings. The minimum Gasteiger partial charge on any atom is -0.497 e. The number of nitrogens with zero attached hydrogens (tertiary/aromatic N) is 3. The fourth-order valence-corrected chi connectivity index (χ4v) is 4.11. The lowest BCUT2D eigenvalue weighted by Crippen LogP contribution is -2.16. The van der Waals surface area contributed by atoms with Gasteiger partial charge in [-0.1, -0.05) is 17.7 Å². The van der Waals surface area contributed by atoms with Crippen LogP contribution in [0.15, 0.2) is 65.7 Å². The Morgan fingerprint density at radius 2 is 1.88 bits per heavy atom. The summed E-state index contributed by atoms with van der Waals surface area (Å²) >= 11 is 6.27. The number of rotatable bonds is 7. The molecule has 0 aliphatic carbocycles. The maximum Gasteiger partial charge on any atom is 0.335 e. The molecular formula is C21H16ClN5O5S. The largest absolute Gasteiger partial charge is 0.497 e. The Balaban J connectivity index is 1.80. The first-order valence-corrected chi connectivity index (χ1v) is 11.2. The molecule has 0 saturated heterocycles. The first-order chi connectivity index (χ1) is 15.8. The van der Waals surface area contributed by atoms with Crippen molar-refractivity contribution in [1.29, 1.82) is 0 Å². The minimum absolute atomic E-state index is 0.0364. The molecule has 0 bridgehead atoms. The number of hydrogen-bond acceptors (Lipinski definition) is 8. The Hall–Kier alpha value is -3.96. The van der Waals surface area contributed by atoms with E-state index in [0.717, 1.165) is 6.07 Å². The van der Waals surface area contributed by atoms with E-state index in [4.69, 9.17) is 16.3 Å². The van der Waals surface area contributed by atoms with Crippen LogP contribution < -0.4 is 14.8 Å². The highest BCUT2D eigenvalue weighted by Gasteiger charge is 2.21. The molecule has 0 unspecified atom stereocenters. The summed E-state index contributed by atoms with van der Waals surface area (Å²) in [7, 11) is -2.71. The smallest absolute Gasteiger partial charge is 0.335 e. The molecule has 2 aromatic carbocycles. The van der Waals surface area contributed by atoms with Crippen molar-refractivity contribution in [1.82, 2.24) is 15.0 Å². The van der Waals surface area contributed by atoms with Gasteiger partial charge >= 0.3 is 5.97 Å². The van der Waals surface area contributed by atoms with Crippen molar-refractivity contribution >= 4 is 56.1 Å². The van der Waals surface area contributed by atoms with Crippen molar-refractivity contribution in [3.63, 3.8) is 0 Å². The molecular weight excluding hydrogens is 470 g/mol. The van der Waals surface area contributed by atoms with Crippen LogP contribution in [-0.2, 0) is 10.0 Å². The van der Waals surface area contributed by atoms with E-state index >= 15 is 0 Å². The molecule has 0 amide bonds. The zero-order chi connectivity index (χ0) is 23.6.